The SMILES string of the molecule is CC(=O)N[C@H]1[C@H](OCCOCCOCCOCCNC(=O)CCOCC(COCCC(=O)NCCOCCOCCOCCO[C@@H]2O[C@H](COC(C)=O)[C@H](OC(C)=O)[C@H](OC(C)=O)[C@H]2NC(C)=O)(COCCC(=O)NCCOCCOCCOCCO[C@@H]2O[C@H](COC(C)=O)[C@H](OC(C)=O)[C@H](OC(C)=O)[C@H]2NC(C)=O)NC(=O)CCCCCCCCCCC(=O)O)O[C@H](COC(C)=O)[C@H](OC(C)=O)[C@@H]1OC(C)=O. The summed E-state index contributed by atoms with van der Waals surface area (Å²) in [5, 5.41) is 28.2. The number of carboxylic acids is 1. The first-order chi connectivity index (χ1) is 68.4. The molecule has 3 heterocycles. The van der Waals surface area contributed by atoms with Crippen LogP contribution < -0.4 is 37.2 Å². The molecule has 3 aliphatic rings. The van der Waals surface area contributed by atoms with Gasteiger partial charge in [-0.15, -0.1) is 0 Å². The first-order valence-corrected chi connectivity index (χ1v) is 47.7. The fraction of sp³-hybridized carbons (Fsp3) is 0.813. The van der Waals surface area contributed by atoms with Crippen LogP contribution >= 0.6 is 0 Å². The van der Waals surface area contributed by atoms with Gasteiger partial charge in [0.1, 0.15) is 61.8 Å². The Morgan fingerprint density at radius 2 is 0.483 bits per heavy atom. The molecule has 0 unspecified atom stereocenters. The zero-order valence-electron chi connectivity index (χ0n) is 84.1. The van der Waals surface area contributed by atoms with Gasteiger partial charge in [0.2, 0.25) is 41.4 Å². The zero-order valence-corrected chi connectivity index (χ0v) is 84.1. The second-order valence-corrected chi connectivity index (χ2v) is 32.8. The Labute approximate surface area is 831 Å². The van der Waals surface area contributed by atoms with E-state index in [1.54, 1.807) is 0 Å². The van der Waals surface area contributed by atoms with Crippen LogP contribution in [0.15, 0.2) is 0 Å². The number of hydrogen-bond donors (Lipinski definition) is 8. The molecule has 3 rings (SSSR count). The summed E-state index contributed by atoms with van der Waals surface area (Å²) in [6.07, 6.45) is -9.09. The monoisotopic (exact) mass is 2060 g/mol. The van der Waals surface area contributed by atoms with E-state index in [4.69, 9.17) is 133 Å². The summed E-state index contributed by atoms with van der Waals surface area (Å²) in [6.45, 7) is 13.8. The quantitative estimate of drug-likeness (QED) is 0.0196. The Balaban J connectivity index is 1.58. The molecule has 15 atom stereocenters. The number of carboxylic acid groups (broad SMARTS) is 1. The van der Waals surface area contributed by atoms with Crippen molar-refractivity contribution in [3.8, 4) is 0 Å². The first kappa shape index (κ1) is 127. The average Bonchev–Trinajstić information content (AvgIpc) is 0.793. The largest absolute Gasteiger partial charge is 0.481 e. The zero-order chi connectivity index (χ0) is 106. The number of carbonyl (C=O) groups excluding carboxylic acids is 16. The molecular weight excluding hydrogens is 1910 g/mol. The van der Waals surface area contributed by atoms with E-state index in [2.05, 4.69) is 37.2 Å². The van der Waals surface area contributed by atoms with E-state index in [0.29, 0.717) is 12.8 Å². The van der Waals surface area contributed by atoms with Crippen molar-refractivity contribution in [3.63, 3.8) is 0 Å². The Morgan fingerprint density at radius 1 is 0.252 bits per heavy atom. The Bertz CT molecular complexity index is 3430. The molecule has 0 saturated carbocycles. The number of aliphatic carboxylic acids is 1. The van der Waals surface area contributed by atoms with E-state index >= 15 is 0 Å². The second-order valence-electron chi connectivity index (χ2n) is 32.8. The maximum atomic E-state index is 14.0. The highest BCUT2D eigenvalue weighted by Crippen LogP contribution is 2.32. The highest BCUT2D eigenvalue weighted by atomic mass is 16.7. The standard InChI is InChI=1S/C91H151N7O45/c1-59(99)95-79-85(138-68(10)108)82(135-65(7)105)71(53-132-62(4)102)141-88(79)129-50-47-123-44-41-120-38-35-117-32-26-92-74(111)23-29-126-56-91(98-77(114)21-19-17-15-13-14-16-18-20-22-78(115)116,57-127-30-24-75(112)93-27-33-118-36-39-121-42-45-124-48-51-130-89-80(96-60(2)100)86(139-69(11)109)83(136-66(8)106)72(142-89)54-133-63(5)103)58-128-31-25-76(113)94-28-34-119-37-40-122-43-46-125-49-52-131-90-81(97-61(3)101)87(140-70(12)110)84(137-67(9)107)73(143-90)55-134-64(6)104/h71-73,79-90H,13-58H2,1-12H3,(H,92,111)(H,93,112)(H,94,113)(H,95,99)(H,96,100)(H,97,101)(H,98,114)(H,115,116)/t71-,72-,73-,79-,80-,81-,82+,83+,84+,85-,86-,87-,88-,89-,90-/m1/s1. The van der Waals surface area contributed by atoms with Crippen molar-refractivity contribution < 1.29 is 215 Å². The molecule has 8 N–H and O–H groups in total. The molecule has 0 aromatic rings. The average molecular weight is 2060 g/mol. The first-order valence-electron chi connectivity index (χ1n) is 47.7. The fourth-order valence-electron chi connectivity index (χ4n) is 14.2. The van der Waals surface area contributed by atoms with Crippen molar-refractivity contribution >= 4 is 101 Å². The van der Waals surface area contributed by atoms with E-state index in [1.807, 2.05) is 0 Å². The normalized spacial score (nSPS) is 20.8. The van der Waals surface area contributed by atoms with Crippen LogP contribution in [-0.2, 0) is 209 Å². The Morgan fingerprint density at radius 3 is 0.720 bits per heavy atom. The third-order valence-corrected chi connectivity index (χ3v) is 20.2. The highest BCUT2D eigenvalue weighted by molar-refractivity contribution is 5.79. The van der Waals surface area contributed by atoms with E-state index in [0.717, 1.165) is 101 Å². The number of amides is 7. The van der Waals surface area contributed by atoms with Crippen LogP contribution in [0.3, 0.4) is 0 Å². The lowest BCUT2D eigenvalue weighted by molar-refractivity contribution is -0.279. The minimum atomic E-state index is -1.44. The predicted octanol–water partition coefficient (Wildman–Crippen LogP) is -1.44. The number of unbranched alkanes of at least 4 members (excludes halogenated alkanes) is 7. The van der Waals surface area contributed by atoms with Gasteiger partial charge in [-0.3, -0.25) is 81.5 Å². The molecule has 0 aromatic carbocycles. The van der Waals surface area contributed by atoms with E-state index in [1.165, 1.54) is 20.8 Å². The molecule has 3 fully saturated rings. The molecule has 143 heavy (non-hydrogen) atoms. The summed E-state index contributed by atoms with van der Waals surface area (Å²) >= 11 is 0. The summed E-state index contributed by atoms with van der Waals surface area (Å²) < 4.78 is 153. The third kappa shape index (κ3) is 61.4. The summed E-state index contributed by atoms with van der Waals surface area (Å²) in [6, 6.07) is -3.47. The van der Waals surface area contributed by atoms with Gasteiger partial charge in [0.15, 0.2) is 55.5 Å². The van der Waals surface area contributed by atoms with Crippen molar-refractivity contribution in [2.45, 2.75) is 264 Å². The molecule has 3 aliphatic heterocycles. The van der Waals surface area contributed by atoms with Gasteiger partial charge in [0, 0.05) is 135 Å². The van der Waals surface area contributed by atoms with Crippen LogP contribution in [0.5, 0.6) is 0 Å². The number of esters is 9. The van der Waals surface area contributed by atoms with Crippen LogP contribution in [0.2, 0.25) is 0 Å². The lowest BCUT2D eigenvalue weighted by atomic mass is 9.96. The molecule has 0 radical (unpaired) electrons. The fourth-order valence-corrected chi connectivity index (χ4v) is 14.2. The number of nitrogens with one attached hydrogen (secondary N) is 7. The molecule has 52 nitrogen and oxygen atoms in total. The molecule has 52 heteroatoms. The van der Waals surface area contributed by atoms with Crippen molar-refractivity contribution in [2.24, 2.45) is 0 Å². The van der Waals surface area contributed by atoms with Gasteiger partial charge in [-0.1, -0.05) is 38.5 Å². The van der Waals surface area contributed by atoms with Crippen LogP contribution in [0.25, 0.3) is 0 Å². The van der Waals surface area contributed by atoms with Gasteiger partial charge in [-0.05, 0) is 12.8 Å². The maximum absolute atomic E-state index is 14.0. The topological polar surface area (TPSA) is 644 Å². The lowest BCUT2D eigenvalue weighted by Crippen LogP contribution is -2.66. The van der Waals surface area contributed by atoms with E-state index < -0.39 is 212 Å². The van der Waals surface area contributed by atoms with Gasteiger partial charge in [-0.2, -0.15) is 0 Å². The Hall–Kier alpha value is -9.73. The van der Waals surface area contributed by atoms with Gasteiger partial charge in [-0.25, -0.2) is 0 Å². The van der Waals surface area contributed by atoms with Crippen LogP contribution in [0.4, 0.5) is 0 Å². The van der Waals surface area contributed by atoms with Gasteiger partial charge < -0.3 is 170 Å². The second kappa shape index (κ2) is 76.8. The maximum Gasteiger partial charge on any atom is 0.303 e. The molecule has 0 spiro atoms. The molecule has 820 valence electrons. The van der Waals surface area contributed by atoms with Crippen molar-refractivity contribution in [1.82, 2.24) is 37.2 Å². The number of rotatable bonds is 81. The third-order valence-electron chi connectivity index (χ3n) is 20.2. The van der Waals surface area contributed by atoms with Crippen molar-refractivity contribution in [2.75, 3.05) is 218 Å². The summed E-state index contributed by atoms with van der Waals surface area (Å²) in [7, 11) is 0. The summed E-state index contributed by atoms with van der Waals surface area (Å²) in [5.74, 6) is -10.6. The predicted molar refractivity (Wildman–Crippen MR) is 487 cm³/mol. The van der Waals surface area contributed by atoms with Crippen molar-refractivity contribution in [1.29, 1.82) is 0 Å². The smallest absolute Gasteiger partial charge is 0.303 e. The highest BCUT2D eigenvalue weighted by Gasteiger charge is 2.55. The van der Waals surface area contributed by atoms with Crippen LogP contribution in [0, 0.1) is 0 Å². The van der Waals surface area contributed by atoms with Crippen LogP contribution in [-0.4, -0.2) is 421 Å². The summed E-state index contributed by atoms with van der Waals surface area (Å²) in [4.78, 5) is 209. The summed E-state index contributed by atoms with van der Waals surface area (Å²) in [5.41, 5.74) is -1.44. The van der Waals surface area contributed by atoms with Gasteiger partial charge in [0.05, 0.1) is 178 Å². The van der Waals surface area contributed by atoms with Crippen LogP contribution in [0.1, 0.15) is 167 Å². The minimum Gasteiger partial charge on any atom is -0.481 e. The van der Waals surface area contributed by atoms with Gasteiger partial charge in [0.25, 0.3) is 0 Å². The van der Waals surface area contributed by atoms with Gasteiger partial charge >= 0.3 is 59.7 Å². The number of hydrogen-bond acceptors (Lipinski definition) is 44. The minimum absolute atomic E-state index is 0.0153. The number of carbonyl (C=O) groups is 17. The molecular formula is C91H151N7O45. The van der Waals surface area contributed by atoms with E-state index in [9.17, 15) is 81.5 Å². The molecule has 3 saturated heterocycles. The lowest BCUT2D eigenvalue weighted by Gasteiger charge is -2.44. The molecule has 7 amide bonds. The van der Waals surface area contributed by atoms with Crippen molar-refractivity contribution in [3.05, 3.63) is 0 Å². The molecule has 0 aliphatic carbocycles. The Kier molecular flexibility index (Phi) is 68.4. The number of ether oxygens (including phenoxy) is 27. The van der Waals surface area contributed by atoms with E-state index in [-0.39, 0.29) is 236 Å². The molecule has 0 aromatic heterocycles. The molecule has 0 bridgehead atoms.